The maximum Gasteiger partial charge on any atom is 0.277 e. The van der Waals surface area contributed by atoms with E-state index in [1.54, 1.807) is 10.9 Å². The Morgan fingerprint density at radius 3 is 2.62 bits per heavy atom. The Morgan fingerprint density at radius 1 is 1.28 bits per heavy atom. The topological polar surface area (TPSA) is 115 Å². The standard InChI is InChI=1S/C21H25F2N7OS/c1-29-21(30-9-6-12(5-8-24)7-10-30)15(11-26-29)27-19(31)17-18(25)32-20(28-17)16-13(22)3-2-4-14(16)23/h2-4,11-12H,5-10,24-25H2,1H3,(H,27,31). The first kappa shape index (κ1) is 22.2. The second-order valence-electron chi connectivity index (χ2n) is 7.80. The smallest absolute Gasteiger partial charge is 0.277 e. The monoisotopic (exact) mass is 461 g/mol. The number of hydrogen-bond donors (Lipinski definition) is 3. The highest BCUT2D eigenvalue weighted by Gasteiger charge is 2.26. The molecule has 1 amide bonds. The molecule has 1 saturated heterocycles. The van der Waals surface area contributed by atoms with Crippen LogP contribution in [0.1, 0.15) is 29.8 Å². The van der Waals surface area contributed by atoms with E-state index in [1.165, 1.54) is 6.07 Å². The summed E-state index contributed by atoms with van der Waals surface area (Å²) in [6.07, 6.45) is 4.62. The molecule has 32 heavy (non-hydrogen) atoms. The van der Waals surface area contributed by atoms with E-state index >= 15 is 0 Å². The summed E-state index contributed by atoms with van der Waals surface area (Å²) in [5.74, 6) is -0.696. The lowest BCUT2D eigenvalue weighted by atomic mass is 9.93. The number of piperidine rings is 1. The molecule has 3 aromatic rings. The number of carbonyl (C=O) groups excluding carboxylic acids is 1. The van der Waals surface area contributed by atoms with Gasteiger partial charge in [0.05, 0.1) is 11.8 Å². The number of thiazole rings is 1. The van der Waals surface area contributed by atoms with Crippen LogP contribution in [0.4, 0.5) is 25.3 Å². The maximum atomic E-state index is 14.1. The summed E-state index contributed by atoms with van der Waals surface area (Å²) >= 11 is 0.861. The van der Waals surface area contributed by atoms with Crippen molar-refractivity contribution in [2.24, 2.45) is 18.7 Å². The summed E-state index contributed by atoms with van der Waals surface area (Å²) in [7, 11) is 1.81. The van der Waals surface area contributed by atoms with Crippen LogP contribution in [0, 0.1) is 17.6 Å². The highest BCUT2D eigenvalue weighted by Crippen LogP contribution is 2.35. The molecule has 0 bridgehead atoms. The number of halogens is 2. The molecule has 2 aromatic heterocycles. The molecular weight excluding hydrogens is 436 g/mol. The van der Waals surface area contributed by atoms with Crippen LogP contribution in [-0.2, 0) is 7.05 Å². The van der Waals surface area contributed by atoms with Crippen LogP contribution >= 0.6 is 11.3 Å². The summed E-state index contributed by atoms with van der Waals surface area (Å²) in [6, 6.07) is 3.53. The lowest BCUT2D eigenvalue weighted by Crippen LogP contribution is -2.36. The second kappa shape index (κ2) is 9.21. The quantitative estimate of drug-likeness (QED) is 0.519. The van der Waals surface area contributed by atoms with E-state index in [4.69, 9.17) is 11.5 Å². The molecule has 4 rings (SSSR count). The van der Waals surface area contributed by atoms with Crippen LogP contribution in [0.25, 0.3) is 10.6 Å². The fourth-order valence-electron chi connectivity index (χ4n) is 4.05. The third-order valence-corrected chi connectivity index (χ3v) is 6.59. The maximum absolute atomic E-state index is 14.1. The van der Waals surface area contributed by atoms with Crippen molar-refractivity contribution in [3.63, 3.8) is 0 Å². The van der Waals surface area contributed by atoms with Gasteiger partial charge in [0.25, 0.3) is 5.91 Å². The number of nitrogen functional groups attached to an aromatic ring is 1. The predicted octanol–water partition coefficient (Wildman–Crippen LogP) is 3.22. The lowest BCUT2D eigenvalue weighted by molar-refractivity contribution is 0.102. The van der Waals surface area contributed by atoms with Crippen molar-refractivity contribution in [1.82, 2.24) is 14.8 Å². The number of hydrogen-bond acceptors (Lipinski definition) is 7. The van der Waals surface area contributed by atoms with Gasteiger partial charge in [-0.25, -0.2) is 13.8 Å². The van der Waals surface area contributed by atoms with Crippen LogP contribution in [0.5, 0.6) is 0 Å². The molecule has 5 N–H and O–H groups in total. The van der Waals surface area contributed by atoms with Gasteiger partial charge >= 0.3 is 0 Å². The van der Waals surface area contributed by atoms with Crippen LogP contribution in [-0.4, -0.2) is 40.3 Å². The summed E-state index contributed by atoms with van der Waals surface area (Å²) in [4.78, 5) is 19.2. The van der Waals surface area contributed by atoms with Crippen molar-refractivity contribution < 1.29 is 13.6 Å². The van der Waals surface area contributed by atoms with Crippen LogP contribution in [0.15, 0.2) is 24.4 Å². The SMILES string of the molecule is Cn1ncc(NC(=O)c2nc(-c3c(F)cccc3F)sc2N)c1N1CCC(CCN)CC1. The number of aryl methyl sites for hydroxylation is 1. The van der Waals surface area contributed by atoms with Gasteiger partial charge in [0.2, 0.25) is 0 Å². The zero-order chi connectivity index (χ0) is 22.8. The van der Waals surface area contributed by atoms with Crippen molar-refractivity contribution in [3.8, 4) is 10.6 Å². The van der Waals surface area contributed by atoms with Gasteiger partial charge in [-0.05, 0) is 43.9 Å². The average Bonchev–Trinajstić information content (AvgIpc) is 3.31. The first-order valence-corrected chi connectivity index (χ1v) is 11.2. The van der Waals surface area contributed by atoms with Crippen LogP contribution in [0.3, 0.4) is 0 Å². The van der Waals surface area contributed by atoms with Gasteiger partial charge in [-0.15, -0.1) is 0 Å². The average molecular weight is 462 g/mol. The molecule has 0 aliphatic carbocycles. The van der Waals surface area contributed by atoms with Crippen LogP contribution < -0.4 is 21.7 Å². The fourth-order valence-corrected chi connectivity index (χ4v) is 4.93. The summed E-state index contributed by atoms with van der Waals surface area (Å²) in [5.41, 5.74) is 11.8. The minimum absolute atomic E-state index is 0.0108. The van der Waals surface area contributed by atoms with Gasteiger partial charge in [-0.1, -0.05) is 17.4 Å². The molecule has 1 aliphatic rings. The molecule has 3 heterocycles. The molecular formula is C21H25F2N7OS. The lowest BCUT2D eigenvalue weighted by Gasteiger charge is -2.33. The fraction of sp³-hybridized carbons (Fsp3) is 0.381. The molecule has 8 nitrogen and oxygen atoms in total. The van der Waals surface area contributed by atoms with Crippen molar-refractivity contribution in [2.45, 2.75) is 19.3 Å². The second-order valence-corrected chi connectivity index (χ2v) is 8.83. The zero-order valence-electron chi connectivity index (χ0n) is 17.6. The Morgan fingerprint density at radius 2 is 1.97 bits per heavy atom. The third-order valence-electron chi connectivity index (χ3n) is 5.69. The van der Waals surface area contributed by atoms with E-state index in [9.17, 15) is 13.6 Å². The van der Waals surface area contributed by atoms with Gasteiger partial charge in [0.1, 0.15) is 27.3 Å². The van der Waals surface area contributed by atoms with Gasteiger partial charge in [0.15, 0.2) is 11.5 Å². The van der Waals surface area contributed by atoms with E-state index in [0.29, 0.717) is 18.2 Å². The molecule has 0 unspecified atom stereocenters. The van der Waals surface area contributed by atoms with Crippen LogP contribution in [0.2, 0.25) is 0 Å². The first-order chi connectivity index (χ1) is 15.4. The largest absolute Gasteiger partial charge is 0.389 e. The number of nitrogens with zero attached hydrogens (tertiary/aromatic N) is 4. The van der Waals surface area contributed by atoms with E-state index in [1.807, 2.05) is 7.05 Å². The molecule has 0 atom stereocenters. The summed E-state index contributed by atoms with van der Waals surface area (Å²) in [6.45, 7) is 2.36. The summed E-state index contributed by atoms with van der Waals surface area (Å²) in [5, 5.41) is 7.18. The minimum atomic E-state index is -0.765. The van der Waals surface area contributed by atoms with Crippen molar-refractivity contribution >= 4 is 33.8 Å². The van der Waals surface area contributed by atoms with Crippen molar-refractivity contribution in [3.05, 3.63) is 41.7 Å². The van der Waals surface area contributed by atoms with Gasteiger partial charge in [-0.3, -0.25) is 9.48 Å². The van der Waals surface area contributed by atoms with Gasteiger partial charge in [-0.2, -0.15) is 5.10 Å². The molecule has 0 spiro atoms. The Labute approximate surface area is 188 Å². The number of anilines is 3. The van der Waals surface area contributed by atoms with Gasteiger partial charge in [0, 0.05) is 20.1 Å². The molecule has 0 saturated carbocycles. The molecule has 170 valence electrons. The number of aromatic nitrogens is 3. The predicted molar refractivity (Wildman–Crippen MR) is 122 cm³/mol. The number of carbonyl (C=O) groups is 1. The molecule has 1 fully saturated rings. The number of nitrogens with one attached hydrogen (secondary N) is 1. The number of nitrogens with two attached hydrogens (primary N) is 2. The highest BCUT2D eigenvalue weighted by molar-refractivity contribution is 7.19. The van der Waals surface area contributed by atoms with E-state index in [2.05, 4.69) is 20.3 Å². The molecule has 11 heteroatoms. The Bertz CT molecular complexity index is 1100. The minimum Gasteiger partial charge on any atom is -0.389 e. The van der Waals surface area contributed by atoms with Crippen molar-refractivity contribution in [2.75, 3.05) is 35.6 Å². The Balaban J connectivity index is 1.54. The van der Waals surface area contributed by atoms with Gasteiger partial charge < -0.3 is 21.7 Å². The number of benzene rings is 1. The van der Waals surface area contributed by atoms with Crippen molar-refractivity contribution in [1.29, 1.82) is 0 Å². The summed E-state index contributed by atoms with van der Waals surface area (Å²) < 4.78 is 30.0. The normalized spacial score (nSPS) is 14.7. The molecule has 0 radical (unpaired) electrons. The van der Waals surface area contributed by atoms with E-state index in [0.717, 1.165) is 61.6 Å². The van der Waals surface area contributed by atoms with E-state index < -0.39 is 17.5 Å². The number of amides is 1. The zero-order valence-corrected chi connectivity index (χ0v) is 18.5. The third kappa shape index (κ3) is 4.30. The Hall–Kier alpha value is -3.05. The first-order valence-electron chi connectivity index (χ1n) is 10.4. The van der Waals surface area contributed by atoms with E-state index in [-0.39, 0.29) is 21.3 Å². The Kier molecular flexibility index (Phi) is 6.38. The highest BCUT2D eigenvalue weighted by atomic mass is 32.1. The molecule has 1 aliphatic heterocycles. The number of rotatable bonds is 6. The molecule has 1 aromatic carbocycles.